The molecule has 1 aromatic heterocycles. The van der Waals surface area contributed by atoms with E-state index >= 15 is 0 Å². The molecule has 19 heavy (non-hydrogen) atoms. The van der Waals surface area contributed by atoms with Crippen molar-refractivity contribution in [3.8, 4) is 0 Å². The molecule has 2 aromatic rings. The maximum atomic E-state index is 13.2. The molecule has 4 heteroatoms. The summed E-state index contributed by atoms with van der Waals surface area (Å²) in [6.45, 7) is 3.55. The van der Waals surface area contributed by atoms with Gasteiger partial charge in [-0.15, -0.1) is 0 Å². The molecular weight excluding hydrogens is 245 g/mol. The highest BCUT2D eigenvalue weighted by molar-refractivity contribution is 5.78. The average Bonchev–Trinajstić information content (AvgIpc) is 2.83. The van der Waals surface area contributed by atoms with E-state index in [9.17, 15) is 9.50 Å². The number of benzene rings is 1. The molecule has 2 atom stereocenters. The Morgan fingerprint density at radius 3 is 3.00 bits per heavy atom. The van der Waals surface area contributed by atoms with Gasteiger partial charge in [0.15, 0.2) is 0 Å². The predicted molar refractivity (Wildman–Crippen MR) is 71.3 cm³/mol. The van der Waals surface area contributed by atoms with E-state index in [0.717, 1.165) is 25.9 Å². The number of piperidine rings is 1. The molecule has 3 nitrogen and oxygen atoms in total. The van der Waals surface area contributed by atoms with Crippen LogP contribution in [0.25, 0.3) is 11.0 Å². The third-order valence-corrected chi connectivity index (χ3v) is 4.07. The van der Waals surface area contributed by atoms with Gasteiger partial charge in [-0.05, 0) is 50.6 Å². The SMILES string of the molecule is CC(O)(c1cc2cc(F)ccc2o1)C1CCCNC1. The van der Waals surface area contributed by atoms with Gasteiger partial charge in [0.05, 0.1) is 0 Å². The summed E-state index contributed by atoms with van der Waals surface area (Å²) in [6, 6.07) is 6.14. The van der Waals surface area contributed by atoms with Crippen molar-refractivity contribution >= 4 is 11.0 Å². The van der Waals surface area contributed by atoms with E-state index < -0.39 is 5.60 Å². The predicted octanol–water partition coefficient (Wildman–Crippen LogP) is 2.78. The van der Waals surface area contributed by atoms with Gasteiger partial charge < -0.3 is 14.8 Å². The van der Waals surface area contributed by atoms with Crippen LogP contribution in [0, 0.1) is 11.7 Å². The van der Waals surface area contributed by atoms with Crippen molar-refractivity contribution in [1.29, 1.82) is 0 Å². The minimum absolute atomic E-state index is 0.117. The summed E-state index contributed by atoms with van der Waals surface area (Å²) >= 11 is 0. The summed E-state index contributed by atoms with van der Waals surface area (Å²) in [5, 5.41) is 14.7. The second kappa shape index (κ2) is 4.62. The summed E-state index contributed by atoms with van der Waals surface area (Å²) in [4.78, 5) is 0. The zero-order valence-corrected chi connectivity index (χ0v) is 10.9. The van der Waals surface area contributed by atoms with Gasteiger partial charge in [0.25, 0.3) is 0 Å². The summed E-state index contributed by atoms with van der Waals surface area (Å²) in [5.74, 6) is 0.340. The molecule has 2 N–H and O–H groups in total. The van der Waals surface area contributed by atoms with Gasteiger partial charge in [-0.1, -0.05) is 0 Å². The molecule has 0 spiro atoms. The third-order valence-electron chi connectivity index (χ3n) is 4.07. The highest BCUT2D eigenvalue weighted by atomic mass is 19.1. The van der Waals surface area contributed by atoms with Gasteiger partial charge >= 0.3 is 0 Å². The Morgan fingerprint density at radius 2 is 2.26 bits per heavy atom. The number of hydrogen-bond donors (Lipinski definition) is 2. The summed E-state index contributed by atoms with van der Waals surface area (Å²) in [7, 11) is 0. The minimum Gasteiger partial charge on any atom is -0.458 e. The van der Waals surface area contributed by atoms with Gasteiger partial charge in [0.2, 0.25) is 0 Å². The first-order valence-corrected chi connectivity index (χ1v) is 6.70. The quantitative estimate of drug-likeness (QED) is 0.875. The van der Waals surface area contributed by atoms with Crippen LogP contribution < -0.4 is 5.32 Å². The van der Waals surface area contributed by atoms with Crippen molar-refractivity contribution in [2.45, 2.75) is 25.4 Å². The molecule has 0 radical (unpaired) electrons. The summed E-state index contributed by atoms with van der Waals surface area (Å²) in [6.07, 6.45) is 2.01. The summed E-state index contributed by atoms with van der Waals surface area (Å²) < 4.78 is 18.9. The second-order valence-electron chi connectivity index (χ2n) is 5.48. The van der Waals surface area contributed by atoms with Crippen LogP contribution in [0.1, 0.15) is 25.5 Å². The number of furan rings is 1. The number of nitrogens with one attached hydrogen (secondary N) is 1. The second-order valence-corrected chi connectivity index (χ2v) is 5.48. The van der Waals surface area contributed by atoms with E-state index in [1.807, 2.05) is 0 Å². The fraction of sp³-hybridized carbons (Fsp3) is 0.467. The smallest absolute Gasteiger partial charge is 0.136 e. The Kier molecular flexibility index (Phi) is 3.07. The highest BCUT2D eigenvalue weighted by Crippen LogP contribution is 2.36. The van der Waals surface area contributed by atoms with Crippen LogP contribution >= 0.6 is 0 Å². The Hall–Kier alpha value is -1.39. The molecule has 2 heterocycles. The molecule has 1 fully saturated rings. The summed E-state index contributed by atoms with van der Waals surface area (Å²) in [5.41, 5.74) is -0.413. The van der Waals surface area contributed by atoms with E-state index in [0.29, 0.717) is 16.7 Å². The first kappa shape index (κ1) is 12.6. The van der Waals surface area contributed by atoms with Crippen LogP contribution in [0.4, 0.5) is 4.39 Å². The molecule has 0 amide bonds. The van der Waals surface area contributed by atoms with Crippen molar-refractivity contribution in [3.63, 3.8) is 0 Å². The fourth-order valence-corrected chi connectivity index (χ4v) is 2.80. The van der Waals surface area contributed by atoms with Crippen LogP contribution in [0.3, 0.4) is 0 Å². The van der Waals surface area contributed by atoms with Gasteiger partial charge in [0, 0.05) is 17.8 Å². The van der Waals surface area contributed by atoms with E-state index in [4.69, 9.17) is 4.42 Å². The zero-order chi connectivity index (χ0) is 13.5. The van der Waals surface area contributed by atoms with Crippen LogP contribution in [-0.4, -0.2) is 18.2 Å². The lowest BCUT2D eigenvalue weighted by Gasteiger charge is -2.34. The molecule has 1 aliphatic rings. The Bertz CT molecular complexity index is 585. The normalized spacial score (nSPS) is 23.4. The highest BCUT2D eigenvalue weighted by Gasteiger charge is 2.37. The number of hydrogen-bond acceptors (Lipinski definition) is 3. The van der Waals surface area contributed by atoms with Gasteiger partial charge in [-0.25, -0.2) is 4.39 Å². The number of rotatable bonds is 2. The molecule has 3 rings (SSSR count). The molecule has 102 valence electrons. The van der Waals surface area contributed by atoms with Gasteiger partial charge in [-0.3, -0.25) is 0 Å². The van der Waals surface area contributed by atoms with E-state index in [2.05, 4.69) is 5.32 Å². The van der Waals surface area contributed by atoms with E-state index in [1.165, 1.54) is 12.1 Å². The standard InChI is InChI=1S/C15H18FNO2/c1-15(18,11-3-2-6-17-9-11)14-8-10-7-12(16)4-5-13(10)19-14/h4-5,7-8,11,17-18H,2-3,6,9H2,1H3. The van der Waals surface area contributed by atoms with Gasteiger partial charge in [-0.2, -0.15) is 0 Å². The molecular formula is C15H18FNO2. The molecule has 0 saturated carbocycles. The fourth-order valence-electron chi connectivity index (χ4n) is 2.80. The lowest BCUT2D eigenvalue weighted by Crippen LogP contribution is -2.42. The Labute approximate surface area is 111 Å². The molecule has 1 aromatic carbocycles. The van der Waals surface area contributed by atoms with Gasteiger partial charge in [0.1, 0.15) is 22.8 Å². The average molecular weight is 263 g/mol. The Balaban J connectivity index is 1.97. The van der Waals surface area contributed by atoms with Crippen LogP contribution in [0.2, 0.25) is 0 Å². The van der Waals surface area contributed by atoms with Crippen LogP contribution in [0.5, 0.6) is 0 Å². The molecule has 0 bridgehead atoms. The van der Waals surface area contributed by atoms with Crippen molar-refractivity contribution in [3.05, 3.63) is 35.8 Å². The first-order valence-electron chi connectivity index (χ1n) is 6.70. The number of fused-ring (bicyclic) bond motifs is 1. The molecule has 1 saturated heterocycles. The Morgan fingerprint density at radius 1 is 1.42 bits per heavy atom. The number of aliphatic hydroxyl groups is 1. The largest absolute Gasteiger partial charge is 0.458 e. The number of halogens is 1. The van der Waals surface area contributed by atoms with E-state index in [-0.39, 0.29) is 11.7 Å². The monoisotopic (exact) mass is 263 g/mol. The lowest BCUT2D eigenvalue weighted by molar-refractivity contribution is -0.0324. The van der Waals surface area contributed by atoms with Crippen LogP contribution in [0.15, 0.2) is 28.7 Å². The van der Waals surface area contributed by atoms with Crippen molar-refractivity contribution in [2.75, 3.05) is 13.1 Å². The third kappa shape index (κ3) is 2.26. The minimum atomic E-state index is -1.02. The maximum Gasteiger partial charge on any atom is 0.136 e. The first-order chi connectivity index (χ1) is 9.07. The maximum absolute atomic E-state index is 13.2. The molecule has 0 aliphatic carbocycles. The van der Waals surface area contributed by atoms with Crippen molar-refractivity contribution in [1.82, 2.24) is 5.32 Å². The molecule has 2 unspecified atom stereocenters. The topological polar surface area (TPSA) is 45.4 Å². The van der Waals surface area contributed by atoms with Crippen LogP contribution in [-0.2, 0) is 5.60 Å². The lowest BCUT2D eigenvalue weighted by atomic mass is 9.82. The molecule has 1 aliphatic heterocycles. The van der Waals surface area contributed by atoms with Crippen molar-refractivity contribution < 1.29 is 13.9 Å². The van der Waals surface area contributed by atoms with Crippen molar-refractivity contribution in [2.24, 2.45) is 5.92 Å². The van der Waals surface area contributed by atoms with E-state index in [1.54, 1.807) is 19.1 Å². The zero-order valence-electron chi connectivity index (χ0n) is 10.9.